The minimum atomic E-state index is 1.02. The minimum Gasteiger partial charge on any atom is -0.369 e. The number of nitrogens with one attached hydrogen (secondary N) is 1. The number of para-hydroxylation sites is 1. The molecular formula is C18H20N4. The normalized spacial score (nSPS) is 16.3. The summed E-state index contributed by atoms with van der Waals surface area (Å²) in [7, 11) is 0. The van der Waals surface area contributed by atoms with Gasteiger partial charge < -0.3 is 9.88 Å². The fourth-order valence-corrected chi connectivity index (χ4v) is 3.22. The first-order chi connectivity index (χ1) is 10.9. The van der Waals surface area contributed by atoms with E-state index in [0.717, 1.165) is 32.7 Å². The van der Waals surface area contributed by atoms with E-state index < -0.39 is 0 Å². The lowest BCUT2D eigenvalue weighted by molar-refractivity contribution is 0.250. The molecule has 0 aliphatic carbocycles. The fourth-order valence-electron chi connectivity index (χ4n) is 3.22. The molecule has 1 saturated heterocycles. The summed E-state index contributed by atoms with van der Waals surface area (Å²) in [5.41, 5.74) is 3.91. The Labute approximate surface area is 130 Å². The Balaban J connectivity index is 1.42. The highest BCUT2D eigenvalue weighted by Gasteiger charge is 2.18. The Morgan fingerprint density at radius 2 is 1.73 bits per heavy atom. The number of benzene rings is 1. The average Bonchev–Trinajstić information content (AvgIpc) is 3.00. The molecule has 1 aromatic carbocycles. The molecule has 4 heteroatoms. The number of aromatic nitrogens is 2. The summed E-state index contributed by atoms with van der Waals surface area (Å²) in [5, 5.41) is 1.35. The van der Waals surface area contributed by atoms with Crippen LogP contribution in [0.4, 0.5) is 5.69 Å². The largest absolute Gasteiger partial charge is 0.369 e. The zero-order valence-electron chi connectivity index (χ0n) is 12.6. The van der Waals surface area contributed by atoms with Crippen molar-refractivity contribution >= 4 is 16.6 Å². The number of hydrogen-bond acceptors (Lipinski definition) is 3. The standard InChI is InChI=1S/C18H20N4/c1-2-4-18-17(3-1)15(13-20-18)14-21-9-11-22(12-10-21)16-5-7-19-8-6-16/h1-8,13,20H,9-12,14H2. The third-order valence-electron chi connectivity index (χ3n) is 4.47. The van der Waals surface area contributed by atoms with Gasteiger partial charge in [-0.1, -0.05) is 18.2 Å². The van der Waals surface area contributed by atoms with E-state index in [0.29, 0.717) is 0 Å². The van der Waals surface area contributed by atoms with Crippen LogP contribution >= 0.6 is 0 Å². The number of fused-ring (bicyclic) bond motifs is 1. The molecule has 22 heavy (non-hydrogen) atoms. The van der Waals surface area contributed by atoms with Crippen molar-refractivity contribution in [1.29, 1.82) is 0 Å². The lowest BCUT2D eigenvalue weighted by atomic mass is 10.1. The van der Waals surface area contributed by atoms with Gasteiger partial charge in [-0.25, -0.2) is 0 Å². The van der Waals surface area contributed by atoms with Crippen LogP contribution in [0.25, 0.3) is 10.9 Å². The SMILES string of the molecule is c1ccc2c(CN3CCN(c4ccncc4)CC3)c[nH]c2c1. The van der Waals surface area contributed by atoms with E-state index in [1.54, 1.807) is 0 Å². The average molecular weight is 292 g/mol. The van der Waals surface area contributed by atoms with Crippen LogP contribution in [0.5, 0.6) is 0 Å². The molecule has 2 aromatic heterocycles. The van der Waals surface area contributed by atoms with Gasteiger partial charge in [-0.2, -0.15) is 0 Å². The Bertz CT molecular complexity index is 742. The van der Waals surface area contributed by atoms with E-state index in [1.807, 2.05) is 12.4 Å². The zero-order valence-corrected chi connectivity index (χ0v) is 12.6. The number of aromatic amines is 1. The van der Waals surface area contributed by atoms with Crippen LogP contribution in [0, 0.1) is 0 Å². The number of nitrogens with zero attached hydrogens (tertiary/aromatic N) is 3. The molecule has 0 unspecified atom stereocenters. The second kappa shape index (κ2) is 5.81. The number of H-pyrrole nitrogens is 1. The third-order valence-corrected chi connectivity index (χ3v) is 4.47. The maximum Gasteiger partial charge on any atom is 0.0457 e. The van der Waals surface area contributed by atoms with E-state index in [4.69, 9.17) is 0 Å². The molecule has 4 rings (SSSR count). The maximum absolute atomic E-state index is 4.09. The van der Waals surface area contributed by atoms with Crippen LogP contribution in [-0.4, -0.2) is 41.0 Å². The second-order valence-corrected chi connectivity index (χ2v) is 5.83. The predicted molar refractivity (Wildman–Crippen MR) is 90.0 cm³/mol. The van der Waals surface area contributed by atoms with Gasteiger partial charge in [-0.15, -0.1) is 0 Å². The molecule has 0 bridgehead atoms. The number of anilines is 1. The van der Waals surface area contributed by atoms with Gasteiger partial charge >= 0.3 is 0 Å². The van der Waals surface area contributed by atoms with Crippen molar-refractivity contribution in [1.82, 2.24) is 14.9 Å². The summed E-state index contributed by atoms with van der Waals surface area (Å²) >= 11 is 0. The molecular weight excluding hydrogens is 272 g/mol. The first-order valence-corrected chi connectivity index (χ1v) is 7.82. The van der Waals surface area contributed by atoms with Gasteiger partial charge in [0.2, 0.25) is 0 Å². The summed E-state index contributed by atoms with van der Waals surface area (Å²) in [5.74, 6) is 0. The fraction of sp³-hybridized carbons (Fsp3) is 0.278. The van der Waals surface area contributed by atoms with Gasteiger partial charge in [0.05, 0.1) is 0 Å². The number of piperazine rings is 1. The Hall–Kier alpha value is -2.33. The van der Waals surface area contributed by atoms with Gasteiger partial charge in [-0.05, 0) is 23.8 Å². The molecule has 3 heterocycles. The van der Waals surface area contributed by atoms with Crippen LogP contribution in [0.1, 0.15) is 5.56 Å². The predicted octanol–water partition coefficient (Wildman–Crippen LogP) is 2.89. The first kappa shape index (κ1) is 13.3. The highest BCUT2D eigenvalue weighted by Crippen LogP contribution is 2.21. The topological polar surface area (TPSA) is 35.2 Å². The molecule has 1 aliphatic heterocycles. The molecule has 3 aromatic rings. The van der Waals surface area contributed by atoms with E-state index >= 15 is 0 Å². The van der Waals surface area contributed by atoms with Crippen molar-refractivity contribution < 1.29 is 0 Å². The van der Waals surface area contributed by atoms with Gasteiger partial charge in [-0.3, -0.25) is 9.88 Å². The summed E-state index contributed by atoms with van der Waals surface area (Å²) in [6, 6.07) is 12.7. The monoisotopic (exact) mass is 292 g/mol. The summed E-state index contributed by atoms with van der Waals surface area (Å²) in [4.78, 5) is 12.4. The van der Waals surface area contributed by atoms with Crippen molar-refractivity contribution in [3.8, 4) is 0 Å². The zero-order chi connectivity index (χ0) is 14.8. The highest BCUT2D eigenvalue weighted by molar-refractivity contribution is 5.82. The van der Waals surface area contributed by atoms with E-state index in [-0.39, 0.29) is 0 Å². The lowest BCUT2D eigenvalue weighted by Gasteiger charge is -2.36. The van der Waals surface area contributed by atoms with Crippen LogP contribution in [0.15, 0.2) is 55.0 Å². The van der Waals surface area contributed by atoms with Crippen molar-refractivity contribution in [2.24, 2.45) is 0 Å². The summed E-state index contributed by atoms with van der Waals surface area (Å²) in [6.45, 7) is 5.37. The third kappa shape index (κ3) is 2.57. The van der Waals surface area contributed by atoms with Crippen LogP contribution in [-0.2, 0) is 6.54 Å². The van der Waals surface area contributed by atoms with Crippen LogP contribution in [0.3, 0.4) is 0 Å². The quantitative estimate of drug-likeness (QED) is 0.806. The van der Waals surface area contributed by atoms with Gasteiger partial charge in [0.1, 0.15) is 0 Å². The van der Waals surface area contributed by atoms with E-state index in [2.05, 4.69) is 62.4 Å². The number of hydrogen-bond donors (Lipinski definition) is 1. The Morgan fingerprint density at radius 3 is 2.55 bits per heavy atom. The van der Waals surface area contributed by atoms with Crippen LogP contribution in [0.2, 0.25) is 0 Å². The molecule has 112 valence electrons. The molecule has 0 radical (unpaired) electrons. The second-order valence-electron chi connectivity index (χ2n) is 5.83. The highest BCUT2D eigenvalue weighted by atomic mass is 15.3. The number of pyridine rings is 1. The molecule has 0 amide bonds. The molecule has 0 atom stereocenters. The minimum absolute atomic E-state index is 1.02. The van der Waals surface area contributed by atoms with Crippen molar-refractivity contribution in [2.75, 3.05) is 31.1 Å². The summed E-state index contributed by atoms with van der Waals surface area (Å²) < 4.78 is 0. The molecule has 1 N–H and O–H groups in total. The lowest BCUT2D eigenvalue weighted by Crippen LogP contribution is -2.45. The molecule has 1 fully saturated rings. The maximum atomic E-state index is 4.09. The number of rotatable bonds is 3. The Kier molecular flexibility index (Phi) is 3.52. The molecule has 0 spiro atoms. The van der Waals surface area contributed by atoms with Gasteiger partial charge in [0, 0.05) is 67.9 Å². The van der Waals surface area contributed by atoms with Crippen molar-refractivity contribution in [2.45, 2.75) is 6.54 Å². The first-order valence-electron chi connectivity index (χ1n) is 7.82. The molecule has 4 nitrogen and oxygen atoms in total. The van der Waals surface area contributed by atoms with Gasteiger partial charge in [0.15, 0.2) is 0 Å². The molecule has 1 aliphatic rings. The van der Waals surface area contributed by atoms with Crippen LogP contribution < -0.4 is 4.90 Å². The van der Waals surface area contributed by atoms with E-state index in [9.17, 15) is 0 Å². The van der Waals surface area contributed by atoms with Crippen molar-refractivity contribution in [3.05, 3.63) is 60.6 Å². The van der Waals surface area contributed by atoms with E-state index in [1.165, 1.54) is 22.2 Å². The Morgan fingerprint density at radius 1 is 0.955 bits per heavy atom. The molecule has 0 saturated carbocycles. The van der Waals surface area contributed by atoms with Gasteiger partial charge in [0.25, 0.3) is 0 Å². The smallest absolute Gasteiger partial charge is 0.0457 e. The van der Waals surface area contributed by atoms with Crippen molar-refractivity contribution in [3.63, 3.8) is 0 Å². The summed E-state index contributed by atoms with van der Waals surface area (Å²) in [6.07, 6.45) is 5.89.